The fourth-order valence-electron chi connectivity index (χ4n) is 8.98. The lowest BCUT2D eigenvalue weighted by Gasteiger charge is -2.36. The second kappa shape index (κ2) is 14.9. The van der Waals surface area contributed by atoms with Gasteiger partial charge in [-0.1, -0.05) is 58.4 Å². The third-order valence-corrected chi connectivity index (χ3v) is 15.2. The van der Waals surface area contributed by atoms with Gasteiger partial charge in [0.05, 0.1) is 30.5 Å². The highest BCUT2D eigenvalue weighted by atomic mass is 35.5. The number of carbonyl (C=O) groups excluding carboxylic acids is 4. The number of fused-ring (bicyclic) bond motifs is 5. The molecule has 4 fully saturated rings. The summed E-state index contributed by atoms with van der Waals surface area (Å²) in [5.74, 6) is -1.27. The van der Waals surface area contributed by atoms with Gasteiger partial charge in [-0.2, -0.15) is 0 Å². The van der Waals surface area contributed by atoms with Crippen LogP contribution in [-0.4, -0.2) is 87.4 Å². The molecule has 5 aliphatic rings. The van der Waals surface area contributed by atoms with Crippen molar-refractivity contribution in [3.05, 3.63) is 40.4 Å². The molecule has 3 saturated carbocycles. The zero-order chi connectivity index (χ0) is 41.3. The Morgan fingerprint density at radius 2 is 1.75 bits per heavy atom. The van der Waals surface area contributed by atoms with Crippen molar-refractivity contribution in [2.24, 2.45) is 22.7 Å². The number of hydrogen-bond donors (Lipinski definition) is 3. The number of alkyl carbamates (subject to hydrolysis) is 1. The van der Waals surface area contributed by atoms with Crippen molar-refractivity contribution in [3.63, 3.8) is 0 Å². The fourth-order valence-corrected chi connectivity index (χ4v) is 10.7. The smallest absolute Gasteiger partial charge is 0.407 e. The van der Waals surface area contributed by atoms with Crippen molar-refractivity contribution in [1.29, 1.82) is 0 Å². The largest absolute Gasteiger partial charge is 0.495 e. The maximum Gasteiger partial charge on any atom is 0.407 e. The number of hydrogen-bond acceptors (Lipinski definition) is 9. The fraction of sp³-hybridized carbons (Fsp3) is 0.667. The van der Waals surface area contributed by atoms with Crippen LogP contribution in [0.25, 0.3) is 10.8 Å². The first-order chi connectivity index (χ1) is 26.7. The summed E-state index contributed by atoms with van der Waals surface area (Å²) in [5.41, 5.74) is -1.93. The van der Waals surface area contributed by atoms with Gasteiger partial charge in [0.2, 0.25) is 21.8 Å². The summed E-state index contributed by atoms with van der Waals surface area (Å²) in [6.45, 7) is 9.82. The van der Waals surface area contributed by atoms with Crippen molar-refractivity contribution in [1.82, 2.24) is 20.3 Å². The van der Waals surface area contributed by atoms with E-state index in [0.717, 1.165) is 42.0 Å². The monoisotopic (exact) mass is 828 g/mol. The molecule has 3 N–H and O–H groups in total. The summed E-state index contributed by atoms with van der Waals surface area (Å²) in [6.07, 6.45) is 5.29. The Bertz CT molecular complexity index is 2080. The average Bonchev–Trinajstić information content (AvgIpc) is 4.01. The van der Waals surface area contributed by atoms with E-state index in [9.17, 15) is 27.6 Å². The number of nitrogens with zero attached hydrogens (tertiary/aromatic N) is 1. The SMILES string of the molecule is COc1c2cc3cc(ccc3c1Cl)[C@]1(OC)C[C@@H](C(=O)N[C@]3(C(=O)NS(=O)(=O)C4CC4)C[C@H]3C3CC3)N(C1)C(=O)[C@H](C(C)(C)C)NC(=O)OCCC(C)(C)CCC2. The first-order valence-electron chi connectivity index (χ1n) is 20.2. The Hall–Kier alpha value is -3.62. The summed E-state index contributed by atoms with van der Waals surface area (Å²) in [7, 11) is -0.740. The molecule has 312 valence electrons. The van der Waals surface area contributed by atoms with E-state index < -0.39 is 67.7 Å². The van der Waals surface area contributed by atoms with E-state index in [0.29, 0.717) is 48.4 Å². The van der Waals surface area contributed by atoms with Crippen LogP contribution in [0.15, 0.2) is 24.3 Å². The van der Waals surface area contributed by atoms with Crippen molar-refractivity contribution in [2.75, 3.05) is 27.4 Å². The average molecular weight is 829 g/mol. The zero-order valence-electron chi connectivity index (χ0n) is 34.1. The van der Waals surface area contributed by atoms with Gasteiger partial charge in [-0.25, -0.2) is 13.2 Å². The minimum Gasteiger partial charge on any atom is -0.495 e. The Morgan fingerprint density at radius 1 is 1.04 bits per heavy atom. The second-order valence-corrected chi connectivity index (χ2v) is 21.2. The Morgan fingerprint density at radius 3 is 2.39 bits per heavy atom. The maximum absolute atomic E-state index is 14.9. The van der Waals surface area contributed by atoms with Gasteiger partial charge >= 0.3 is 6.09 Å². The highest BCUT2D eigenvalue weighted by molar-refractivity contribution is 7.91. The number of ether oxygens (including phenoxy) is 3. The molecule has 3 aliphatic carbocycles. The van der Waals surface area contributed by atoms with Crippen molar-refractivity contribution in [3.8, 4) is 5.75 Å². The van der Waals surface area contributed by atoms with Gasteiger partial charge in [0, 0.05) is 18.9 Å². The molecule has 15 heteroatoms. The predicted molar refractivity (Wildman–Crippen MR) is 215 cm³/mol. The predicted octanol–water partition coefficient (Wildman–Crippen LogP) is 5.73. The highest BCUT2D eigenvalue weighted by Crippen LogP contribution is 2.57. The Kier molecular flexibility index (Phi) is 10.8. The molecule has 2 heterocycles. The van der Waals surface area contributed by atoms with E-state index in [1.807, 2.05) is 39.0 Å². The van der Waals surface area contributed by atoms with Gasteiger partial charge in [0.25, 0.3) is 5.91 Å². The van der Waals surface area contributed by atoms with Crippen LogP contribution >= 0.6 is 11.6 Å². The molecule has 7 rings (SSSR count). The lowest BCUT2D eigenvalue weighted by atomic mass is 9.83. The number of halogens is 1. The molecule has 0 radical (unpaired) electrons. The number of sulfonamides is 1. The van der Waals surface area contributed by atoms with Crippen molar-refractivity contribution in [2.45, 2.75) is 127 Å². The number of nitrogens with one attached hydrogen (secondary N) is 3. The standard InChI is InChI=1S/C42H57ClN4O9S/c1-39(2,3)34-36(49)47-23-41(55-7,22-31(47)35(48)45-42(21-30(42)24-10-11-24)37(50)46-57(52,53)28-13-14-28)27-12-15-29-26(20-27)19-25(33(54-6)32(29)43)9-8-16-40(4,5)17-18-56-38(51)44-34/h12,15,19-20,24,28,30-31,34H,8-11,13-14,16-18,21-23H2,1-7H3,(H,44,51)(H,45,48)(H,46,50)/t30-,31-,34+,41-,42+/m0/s1. The number of aryl methyl sites for hydroxylation is 1. The first kappa shape index (κ1) is 41.5. The van der Waals surface area contributed by atoms with Crippen LogP contribution in [0.4, 0.5) is 4.79 Å². The quantitative estimate of drug-likeness (QED) is 0.301. The summed E-state index contributed by atoms with van der Waals surface area (Å²) >= 11 is 7.00. The Balaban J connectivity index is 1.30. The second-order valence-electron chi connectivity index (χ2n) is 18.8. The summed E-state index contributed by atoms with van der Waals surface area (Å²) in [5, 5.41) is 7.30. The molecule has 57 heavy (non-hydrogen) atoms. The number of carbonyl (C=O) groups is 4. The highest BCUT2D eigenvalue weighted by Gasteiger charge is 2.67. The number of rotatable bonds is 8. The zero-order valence-corrected chi connectivity index (χ0v) is 35.7. The minimum atomic E-state index is -3.88. The minimum absolute atomic E-state index is 0.0197. The van der Waals surface area contributed by atoms with Gasteiger partial charge in [-0.3, -0.25) is 19.1 Å². The van der Waals surface area contributed by atoms with Crippen LogP contribution in [0.1, 0.15) is 104 Å². The molecule has 2 aromatic carbocycles. The van der Waals surface area contributed by atoms with Crippen molar-refractivity contribution < 1.29 is 41.8 Å². The van der Waals surface area contributed by atoms with Crippen LogP contribution in [0.5, 0.6) is 5.75 Å². The van der Waals surface area contributed by atoms with Gasteiger partial charge in [0.15, 0.2) is 0 Å². The normalized spacial score (nSPS) is 29.5. The summed E-state index contributed by atoms with van der Waals surface area (Å²) in [4.78, 5) is 58.4. The van der Waals surface area contributed by atoms with E-state index in [1.54, 1.807) is 7.11 Å². The van der Waals surface area contributed by atoms with Crippen LogP contribution in [0.3, 0.4) is 0 Å². The molecule has 13 nitrogen and oxygen atoms in total. The molecule has 2 aromatic rings. The van der Waals surface area contributed by atoms with Crippen LogP contribution in [0.2, 0.25) is 5.02 Å². The lowest BCUT2D eigenvalue weighted by molar-refractivity contribution is -0.143. The Labute approximate surface area is 340 Å². The third kappa shape index (κ3) is 8.19. The van der Waals surface area contributed by atoms with Gasteiger partial charge in [-0.05, 0) is 109 Å². The van der Waals surface area contributed by atoms with E-state index >= 15 is 0 Å². The van der Waals surface area contributed by atoms with Crippen LogP contribution < -0.4 is 20.1 Å². The lowest BCUT2D eigenvalue weighted by Crippen LogP contribution is -2.60. The number of benzene rings is 2. The molecular formula is C42H57ClN4O9S. The molecule has 5 atom stereocenters. The van der Waals surface area contributed by atoms with E-state index in [4.69, 9.17) is 25.8 Å². The van der Waals surface area contributed by atoms with Gasteiger partial charge in [-0.15, -0.1) is 0 Å². The third-order valence-electron chi connectivity index (χ3n) is 13.0. The number of methoxy groups -OCH3 is 2. The van der Waals surface area contributed by atoms with Gasteiger partial charge in [0.1, 0.15) is 29.0 Å². The molecular weight excluding hydrogens is 772 g/mol. The molecule has 0 unspecified atom stereocenters. The number of cyclic esters (lactones) is 1. The molecule has 4 amide bonds. The van der Waals surface area contributed by atoms with Crippen molar-refractivity contribution >= 4 is 56.2 Å². The molecule has 0 aromatic heterocycles. The molecule has 1 saturated heterocycles. The van der Waals surface area contributed by atoms with E-state index in [1.165, 1.54) is 12.0 Å². The van der Waals surface area contributed by atoms with Crippen LogP contribution in [0, 0.1) is 22.7 Å². The topological polar surface area (TPSA) is 169 Å². The summed E-state index contributed by atoms with van der Waals surface area (Å²) in [6, 6.07) is 5.57. The molecule has 2 aliphatic heterocycles. The van der Waals surface area contributed by atoms with E-state index in [-0.39, 0.29) is 36.8 Å². The van der Waals surface area contributed by atoms with Gasteiger partial charge < -0.3 is 29.7 Å². The van der Waals surface area contributed by atoms with E-state index in [2.05, 4.69) is 35.3 Å². The molecule has 5 bridgehead atoms. The number of amides is 4. The first-order valence-corrected chi connectivity index (χ1v) is 22.1. The molecule has 0 spiro atoms. The van der Waals surface area contributed by atoms with Crippen LogP contribution in [-0.2, 0) is 45.9 Å². The maximum atomic E-state index is 14.9. The summed E-state index contributed by atoms with van der Waals surface area (Å²) < 4.78 is 45.9.